The van der Waals surface area contributed by atoms with Crippen LogP contribution < -0.4 is 21.9 Å². The van der Waals surface area contributed by atoms with Crippen LogP contribution in [0.2, 0.25) is 0 Å². The molecule has 4 rings (SSSR count). The monoisotopic (exact) mass is 352 g/mol. The van der Waals surface area contributed by atoms with E-state index in [1.54, 1.807) is 18.2 Å². The number of benzene rings is 1. The van der Waals surface area contributed by atoms with Crippen molar-refractivity contribution in [2.24, 2.45) is 0 Å². The minimum absolute atomic E-state index is 0.0297. The number of fused-ring (bicyclic) bond motifs is 2. The summed E-state index contributed by atoms with van der Waals surface area (Å²) in [6.45, 7) is 3.86. The molecule has 3 heterocycles. The summed E-state index contributed by atoms with van der Waals surface area (Å²) in [4.78, 5) is 48.6. The molecule has 0 unspecified atom stereocenters. The number of hydrogen-bond acceptors (Lipinski definition) is 5. The number of imide groups is 1. The maximum Gasteiger partial charge on any atom is 0.262 e. The van der Waals surface area contributed by atoms with Crippen LogP contribution in [0.15, 0.2) is 29.1 Å². The van der Waals surface area contributed by atoms with Gasteiger partial charge in [-0.25, -0.2) is 0 Å². The van der Waals surface area contributed by atoms with Gasteiger partial charge in [-0.2, -0.15) is 0 Å². The van der Waals surface area contributed by atoms with Crippen molar-refractivity contribution in [1.82, 2.24) is 15.2 Å². The molecule has 0 bridgehead atoms. The van der Waals surface area contributed by atoms with Gasteiger partial charge in [-0.15, -0.1) is 0 Å². The van der Waals surface area contributed by atoms with Gasteiger partial charge in [-0.1, -0.05) is 6.07 Å². The topological polar surface area (TPSA) is 123 Å². The summed E-state index contributed by atoms with van der Waals surface area (Å²) in [5, 5.41) is 5.03. The number of nitrogens with two attached hydrogens (primary N) is 1. The molecule has 4 N–H and O–H groups in total. The molecule has 0 saturated carbocycles. The van der Waals surface area contributed by atoms with E-state index in [4.69, 9.17) is 5.73 Å². The van der Waals surface area contributed by atoms with Gasteiger partial charge >= 0.3 is 0 Å². The molecule has 2 aromatic rings. The van der Waals surface area contributed by atoms with Gasteiger partial charge in [0.25, 0.3) is 23.3 Å². The van der Waals surface area contributed by atoms with Crippen molar-refractivity contribution in [3.05, 3.63) is 56.9 Å². The van der Waals surface area contributed by atoms with Crippen LogP contribution in [0.25, 0.3) is 5.69 Å². The fourth-order valence-electron chi connectivity index (χ4n) is 3.51. The number of carbonyl (C=O) groups excluding carboxylic acids is 3. The maximum absolute atomic E-state index is 12.5. The van der Waals surface area contributed by atoms with E-state index in [-0.39, 0.29) is 28.4 Å². The van der Waals surface area contributed by atoms with Crippen LogP contribution in [0.3, 0.4) is 0 Å². The van der Waals surface area contributed by atoms with Gasteiger partial charge in [0.15, 0.2) is 0 Å². The lowest BCUT2D eigenvalue weighted by atomic mass is 9.87. The zero-order valence-electron chi connectivity index (χ0n) is 14.2. The molecule has 2 aliphatic heterocycles. The SMILES string of the molecule is CC1(C)Cc2ccc(-n3c(N)c4c(cc3=O)C(=O)NC4=O)cc2C(=O)N1. The van der Waals surface area contributed by atoms with Crippen LogP contribution in [0.5, 0.6) is 0 Å². The van der Waals surface area contributed by atoms with Gasteiger partial charge in [0.1, 0.15) is 5.82 Å². The minimum atomic E-state index is -0.645. The third-order valence-corrected chi connectivity index (χ3v) is 4.63. The van der Waals surface area contributed by atoms with Crippen molar-refractivity contribution in [2.45, 2.75) is 25.8 Å². The van der Waals surface area contributed by atoms with E-state index < -0.39 is 17.4 Å². The summed E-state index contributed by atoms with van der Waals surface area (Å²) in [6.07, 6.45) is 0.653. The number of carbonyl (C=O) groups is 3. The predicted molar refractivity (Wildman–Crippen MR) is 93.5 cm³/mol. The fraction of sp³-hybridized carbons (Fsp3) is 0.222. The van der Waals surface area contributed by atoms with E-state index in [9.17, 15) is 19.2 Å². The first kappa shape index (κ1) is 16.1. The van der Waals surface area contributed by atoms with E-state index >= 15 is 0 Å². The molecular weight excluding hydrogens is 336 g/mol. The Morgan fingerprint density at radius 1 is 1.00 bits per heavy atom. The number of hydrogen-bond donors (Lipinski definition) is 3. The number of nitrogens with zero attached hydrogens (tertiary/aromatic N) is 1. The Morgan fingerprint density at radius 2 is 1.73 bits per heavy atom. The fourth-order valence-corrected chi connectivity index (χ4v) is 3.51. The normalized spacial score (nSPS) is 17.4. The lowest BCUT2D eigenvalue weighted by Gasteiger charge is -2.32. The predicted octanol–water partition coefficient (Wildman–Crippen LogP) is 0.368. The van der Waals surface area contributed by atoms with Gasteiger partial charge in [-0.05, 0) is 38.0 Å². The number of rotatable bonds is 1. The third-order valence-electron chi connectivity index (χ3n) is 4.63. The number of amides is 3. The lowest BCUT2D eigenvalue weighted by molar-refractivity contribution is 0.0873. The van der Waals surface area contributed by atoms with Crippen LogP contribution in [-0.2, 0) is 6.42 Å². The molecule has 132 valence electrons. The first-order valence-electron chi connectivity index (χ1n) is 8.05. The Labute approximate surface area is 148 Å². The van der Waals surface area contributed by atoms with Crippen molar-refractivity contribution >= 4 is 23.5 Å². The number of pyridine rings is 1. The molecule has 8 heteroatoms. The number of nitrogens with one attached hydrogen (secondary N) is 2. The molecular formula is C18H16N4O4. The summed E-state index contributed by atoms with van der Waals surface area (Å²) < 4.78 is 1.13. The molecule has 8 nitrogen and oxygen atoms in total. The van der Waals surface area contributed by atoms with Crippen LogP contribution >= 0.6 is 0 Å². The van der Waals surface area contributed by atoms with Crippen molar-refractivity contribution in [3.8, 4) is 5.69 Å². The number of anilines is 1. The Hall–Kier alpha value is -3.42. The standard InChI is InChI=1S/C18H16N4O4/c1-18(2)7-8-3-4-9(5-10(8)16(25)21-18)22-12(23)6-11-13(14(22)19)17(26)20-15(11)24/h3-6H,7,19H2,1-2H3,(H,21,25)(H,20,24,26). The van der Waals surface area contributed by atoms with Gasteiger partial charge in [-0.3, -0.25) is 29.1 Å². The summed E-state index contributed by atoms with van der Waals surface area (Å²) >= 11 is 0. The lowest BCUT2D eigenvalue weighted by Crippen LogP contribution is -2.49. The smallest absolute Gasteiger partial charge is 0.262 e. The number of nitrogen functional groups attached to an aromatic ring is 1. The highest BCUT2D eigenvalue weighted by Crippen LogP contribution is 2.27. The molecule has 1 aromatic carbocycles. The zero-order chi connectivity index (χ0) is 18.8. The summed E-state index contributed by atoms with van der Waals surface area (Å²) in [5.41, 5.74) is 6.73. The average molecular weight is 352 g/mol. The Morgan fingerprint density at radius 3 is 2.46 bits per heavy atom. The van der Waals surface area contributed by atoms with Crippen LogP contribution in [-0.4, -0.2) is 27.8 Å². The molecule has 0 aliphatic carbocycles. The second-order valence-corrected chi connectivity index (χ2v) is 7.13. The summed E-state index contributed by atoms with van der Waals surface area (Å²) in [5.74, 6) is -1.66. The molecule has 0 spiro atoms. The van der Waals surface area contributed by atoms with E-state index in [1.165, 1.54) is 0 Å². The highest BCUT2D eigenvalue weighted by Gasteiger charge is 2.33. The van der Waals surface area contributed by atoms with Crippen molar-refractivity contribution in [2.75, 3.05) is 5.73 Å². The van der Waals surface area contributed by atoms with E-state index in [0.717, 1.165) is 16.2 Å². The Bertz CT molecular complexity index is 1080. The highest BCUT2D eigenvalue weighted by atomic mass is 16.2. The summed E-state index contributed by atoms with van der Waals surface area (Å²) in [7, 11) is 0. The van der Waals surface area contributed by atoms with E-state index in [2.05, 4.69) is 10.6 Å². The quantitative estimate of drug-likeness (QED) is 0.640. The molecule has 26 heavy (non-hydrogen) atoms. The molecule has 3 amide bonds. The molecule has 0 fully saturated rings. The van der Waals surface area contributed by atoms with E-state index in [1.807, 2.05) is 13.8 Å². The van der Waals surface area contributed by atoms with Crippen LogP contribution in [0, 0.1) is 0 Å². The summed E-state index contributed by atoms with van der Waals surface area (Å²) in [6, 6.07) is 6.09. The third kappa shape index (κ3) is 2.22. The first-order valence-corrected chi connectivity index (χ1v) is 8.05. The minimum Gasteiger partial charge on any atom is -0.384 e. The van der Waals surface area contributed by atoms with Gasteiger partial charge < -0.3 is 11.1 Å². The molecule has 0 saturated heterocycles. The van der Waals surface area contributed by atoms with Crippen molar-refractivity contribution in [1.29, 1.82) is 0 Å². The molecule has 2 aliphatic rings. The Balaban J connectivity index is 1.91. The van der Waals surface area contributed by atoms with Gasteiger partial charge in [0.05, 0.1) is 16.8 Å². The maximum atomic E-state index is 12.5. The van der Waals surface area contributed by atoms with Gasteiger partial charge in [0.2, 0.25) is 0 Å². The molecule has 1 aromatic heterocycles. The molecule has 0 atom stereocenters. The second kappa shape index (κ2) is 5.04. The first-order chi connectivity index (χ1) is 12.2. The second-order valence-electron chi connectivity index (χ2n) is 7.13. The van der Waals surface area contributed by atoms with Gasteiger partial charge in [0, 0.05) is 17.2 Å². The van der Waals surface area contributed by atoms with E-state index in [0.29, 0.717) is 17.7 Å². The highest BCUT2D eigenvalue weighted by molar-refractivity contribution is 6.23. The average Bonchev–Trinajstić information content (AvgIpc) is 2.81. The van der Waals surface area contributed by atoms with Crippen LogP contribution in [0.1, 0.15) is 50.5 Å². The van der Waals surface area contributed by atoms with Crippen molar-refractivity contribution < 1.29 is 14.4 Å². The zero-order valence-corrected chi connectivity index (χ0v) is 14.2. The Kier molecular flexibility index (Phi) is 3.12. The van der Waals surface area contributed by atoms with Crippen molar-refractivity contribution in [3.63, 3.8) is 0 Å². The molecule has 0 radical (unpaired) electrons. The number of aromatic nitrogens is 1. The largest absolute Gasteiger partial charge is 0.384 e. The van der Waals surface area contributed by atoms with Crippen LogP contribution in [0.4, 0.5) is 5.82 Å².